The number of nitrogens with one attached hydrogen (secondary N) is 2. The summed E-state index contributed by atoms with van der Waals surface area (Å²) in [5.74, 6) is -2.21. The second kappa shape index (κ2) is 20.3. The van der Waals surface area contributed by atoms with Gasteiger partial charge in [-0.05, 0) is 68.9 Å². The average molecular weight is 700 g/mol. The van der Waals surface area contributed by atoms with Gasteiger partial charge in [0.1, 0.15) is 11.6 Å². The summed E-state index contributed by atoms with van der Waals surface area (Å²) in [6.07, 6.45) is 6.96. The second-order valence-corrected chi connectivity index (χ2v) is 14.7. The molecule has 4 amide bonds. The lowest BCUT2D eigenvalue weighted by Crippen LogP contribution is -2.57. The normalized spacial score (nSPS) is 17.9. The highest BCUT2D eigenvalue weighted by Crippen LogP contribution is 2.26. The van der Waals surface area contributed by atoms with Crippen LogP contribution in [0.1, 0.15) is 90.0 Å². The number of hydrogen-bond donors (Lipinski definition) is 6. The molecule has 13 nitrogen and oxygen atoms in total. The number of carboxylic acids is 1. The summed E-state index contributed by atoms with van der Waals surface area (Å²) >= 11 is 0. The first kappa shape index (κ1) is 40.9. The molecule has 2 fully saturated rings. The fraction of sp³-hybridized carbons (Fsp3) is 0.703. The summed E-state index contributed by atoms with van der Waals surface area (Å²) in [4.78, 5) is 70.4. The van der Waals surface area contributed by atoms with Crippen molar-refractivity contribution in [1.29, 1.82) is 0 Å². The smallest absolute Gasteiger partial charge is 0.323 e. The first-order valence-electron chi connectivity index (χ1n) is 18.5. The van der Waals surface area contributed by atoms with Crippen LogP contribution in [0.15, 0.2) is 30.3 Å². The van der Waals surface area contributed by atoms with Crippen molar-refractivity contribution in [3.8, 4) is 0 Å². The van der Waals surface area contributed by atoms with Crippen molar-refractivity contribution in [2.45, 2.75) is 109 Å². The second-order valence-electron chi connectivity index (χ2n) is 14.7. The molecular weight excluding hydrogens is 638 g/mol. The van der Waals surface area contributed by atoms with Gasteiger partial charge in [0.25, 0.3) is 0 Å². The molecule has 1 heterocycles. The van der Waals surface area contributed by atoms with Gasteiger partial charge in [-0.25, -0.2) is 4.79 Å². The van der Waals surface area contributed by atoms with Crippen LogP contribution in [-0.4, -0.2) is 101 Å². The number of nitrogens with two attached hydrogens (primary N) is 3. The molecule has 50 heavy (non-hydrogen) atoms. The van der Waals surface area contributed by atoms with Gasteiger partial charge < -0.3 is 42.7 Å². The number of carbonyl (C=O) groups is 5. The van der Waals surface area contributed by atoms with Gasteiger partial charge in [0, 0.05) is 51.5 Å². The Kier molecular flexibility index (Phi) is 16.6. The minimum absolute atomic E-state index is 0.0556. The predicted molar refractivity (Wildman–Crippen MR) is 193 cm³/mol. The third-order valence-corrected chi connectivity index (χ3v) is 10.1. The molecule has 280 valence electrons. The van der Waals surface area contributed by atoms with E-state index in [0.29, 0.717) is 57.8 Å². The molecule has 0 bridgehead atoms. The lowest BCUT2D eigenvalue weighted by atomic mass is 9.86. The first-order chi connectivity index (χ1) is 23.9. The highest BCUT2D eigenvalue weighted by molar-refractivity contribution is 5.94. The number of nitrogens with zero attached hydrogens (tertiary/aromatic N) is 2. The minimum atomic E-state index is -1.38. The van der Waals surface area contributed by atoms with Crippen LogP contribution in [0, 0.1) is 17.8 Å². The van der Waals surface area contributed by atoms with Gasteiger partial charge in [0.05, 0.1) is 6.04 Å². The number of carboxylic acid groups (broad SMARTS) is 1. The highest BCUT2D eigenvalue weighted by atomic mass is 16.4. The number of benzene rings is 1. The average Bonchev–Trinajstić information content (AvgIpc) is 3.60. The maximum atomic E-state index is 14.0. The van der Waals surface area contributed by atoms with E-state index < -0.39 is 35.4 Å². The maximum Gasteiger partial charge on any atom is 0.323 e. The number of likely N-dealkylation sites (tertiary alicyclic amines) is 1. The minimum Gasteiger partial charge on any atom is -0.480 e. The Hall–Kier alpha value is -3.55. The zero-order chi connectivity index (χ0) is 36.7. The van der Waals surface area contributed by atoms with E-state index in [1.165, 1.54) is 0 Å². The van der Waals surface area contributed by atoms with E-state index in [-0.39, 0.29) is 62.4 Å². The molecule has 0 radical (unpaired) electrons. The highest BCUT2D eigenvalue weighted by Gasteiger charge is 2.40. The van der Waals surface area contributed by atoms with E-state index >= 15 is 0 Å². The van der Waals surface area contributed by atoms with Crippen molar-refractivity contribution in [3.05, 3.63) is 35.9 Å². The molecule has 13 heteroatoms. The fourth-order valence-corrected chi connectivity index (χ4v) is 7.08. The van der Waals surface area contributed by atoms with E-state index in [9.17, 15) is 29.1 Å². The van der Waals surface area contributed by atoms with Crippen molar-refractivity contribution in [2.75, 3.05) is 39.3 Å². The molecule has 3 rings (SSSR count). The predicted octanol–water partition coefficient (Wildman–Crippen LogP) is 2.40. The Bertz CT molecular complexity index is 1250. The number of aliphatic carboxylic acids is 1. The molecule has 9 N–H and O–H groups in total. The van der Waals surface area contributed by atoms with E-state index in [4.69, 9.17) is 17.2 Å². The number of ketones is 1. The fourth-order valence-electron chi connectivity index (χ4n) is 7.08. The summed E-state index contributed by atoms with van der Waals surface area (Å²) in [6.45, 7) is 6.01. The topological polar surface area (TPSA) is 214 Å². The molecule has 2 aliphatic rings. The molecule has 0 aromatic heterocycles. The molecule has 1 aromatic carbocycles. The van der Waals surface area contributed by atoms with E-state index in [0.717, 1.165) is 31.2 Å². The van der Waals surface area contributed by atoms with Gasteiger partial charge in [-0.3, -0.25) is 19.2 Å². The van der Waals surface area contributed by atoms with Crippen molar-refractivity contribution in [3.63, 3.8) is 0 Å². The monoisotopic (exact) mass is 699 g/mol. The zero-order valence-corrected chi connectivity index (χ0v) is 30.1. The number of hydrogen-bond acceptors (Lipinski definition) is 8. The van der Waals surface area contributed by atoms with Crippen LogP contribution in [0.25, 0.3) is 0 Å². The Labute approximate surface area is 297 Å². The largest absolute Gasteiger partial charge is 0.480 e. The summed E-state index contributed by atoms with van der Waals surface area (Å²) in [5.41, 5.74) is 17.1. The summed E-state index contributed by atoms with van der Waals surface area (Å²) in [7, 11) is 0. The van der Waals surface area contributed by atoms with Crippen LogP contribution in [0.3, 0.4) is 0 Å². The van der Waals surface area contributed by atoms with Gasteiger partial charge in [0.15, 0.2) is 5.78 Å². The number of carbonyl (C=O) groups excluding carboxylic acids is 4. The Morgan fingerprint density at radius 3 is 2.20 bits per heavy atom. The number of urea groups is 1. The van der Waals surface area contributed by atoms with Crippen LogP contribution < -0.4 is 27.8 Å². The van der Waals surface area contributed by atoms with Crippen LogP contribution in [0.2, 0.25) is 0 Å². The molecule has 1 saturated heterocycles. The SMILES string of the molecule is CC(C)C[C@@H](NC(=O)[C@@H](Cc1ccccc1)NC(=O)N(CCN)CC1CCCC1)C(=O)C[C@H](CCCCN)C(=O)N1CCC(N)(C(=O)O)CC1. The zero-order valence-electron chi connectivity index (χ0n) is 30.1. The maximum absolute atomic E-state index is 14.0. The molecule has 1 aliphatic heterocycles. The number of amides is 4. The molecule has 1 aliphatic carbocycles. The molecule has 0 spiro atoms. The Morgan fingerprint density at radius 2 is 1.62 bits per heavy atom. The van der Waals surface area contributed by atoms with E-state index in [1.807, 2.05) is 44.2 Å². The number of unbranched alkanes of at least 4 members (excludes halogenated alkanes) is 1. The van der Waals surface area contributed by atoms with Gasteiger partial charge in [-0.15, -0.1) is 0 Å². The summed E-state index contributed by atoms with van der Waals surface area (Å²) in [5, 5.41) is 15.4. The molecule has 1 saturated carbocycles. The molecular formula is C37H61N7O6. The number of piperidine rings is 1. The van der Waals surface area contributed by atoms with Crippen molar-refractivity contribution in [1.82, 2.24) is 20.4 Å². The Balaban J connectivity index is 1.78. The lowest BCUT2D eigenvalue weighted by molar-refractivity contribution is -0.149. The summed E-state index contributed by atoms with van der Waals surface area (Å²) < 4.78 is 0. The third-order valence-electron chi connectivity index (χ3n) is 10.1. The van der Waals surface area contributed by atoms with Crippen LogP contribution in [-0.2, 0) is 25.6 Å². The van der Waals surface area contributed by atoms with Crippen molar-refractivity contribution >= 4 is 29.6 Å². The first-order valence-corrected chi connectivity index (χ1v) is 18.5. The van der Waals surface area contributed by atoms with Gasteiger partial charge >= 0.3 is 12.0 Å². The standard InChI is InChI=1S/C37H61N7O6/c1-26(2)22-30(32(45)24-29(14-8-9-17-38)34(47)43-19-15-37(40,16-20-43)35(48)49)41-33(46)31(23-27-10-4-3-5-11-27)42-36(50)44(21-18-39)25-28-12-6-7-13-28/h3-5,10-11,26,28-31H,6-9,12-25,38-40H2,1-2H3,(H,41,46)(H,42,50)(H,48,49)/t29-,30+,31+/m0/s1. The van der Waals surface area contributed by atoms with E-state index in [1.54, 1.807) is 9.80 Å². The summed E-state index contributed by atoms with van der Waals surface area (Å²) in [6, 6.07) is 7.23. The van der Waals surface area contributed by atoms with Crippen LogP contribution >= 0.6 is 0 Å². The lowest BCUT2D eigenvalue weighted by Gasteiger charge is -2.38. The van der Waals surface area contributed by atoms with E-state index in [2.05, 4.69) is 10.6 Å². The van der Waals surface area contributed by atoms with Gasteiger partial charge in [-0.1, -0.05) is 63.4 Å². The number of rotatable bonds is 20. The third kappa shape index (κ3) is 12.6. The molecule has 1 aromatic rings. The van der Waals surface area contributed by atoms with Crippen molar-refractivity contribution < 1.29 is 29.1 Å². The number of Topliss-reactive ketones (excluding diaryl/α,β-unsaturated/α-hetero) is 1. The quantitative estimate of drug-likeness (QED) is 0.110. The molecule has 0 unspecified atom stereocenters. The van der Waals surface area contributed by atoms with Gasteiger partial charge in [-0.2, -0.15) is 0 Å². The van der Waals surface area contributed by atoms with Crippen LogP contribution in [0.4, 0.5) is 4.79 Å². The Morgan fingerprint density at radius 1 is 0.960 bits per heavy atom. The molecule has 3 atom stereocenters. The van der Waals surface area contributed by atoms with Crippen LogP contribution in [0.5, 0.6) is 0 Å². The van der Waals surface area contributed by atoms with Gasteiger partial charge in [0.2, 0.25) is 11.8 Å². The van der Waals surface area contributed by atoms with Crippen molar-refractivity contribution in [2.24, 2.45) is 35.0 Å².